The fraction of sp³-hybridized carbons (Fsp3) is 0.278. The van der Waals surface area contributed by atoms with Crippen molar-refractivity contribution in [3.05, 3.63) is 54.4 Å². The summed E-state index contributed by atoms with van der Waals surface area (Å²) in [6.45, 7) is 5.17. The Morgan fingerprint density at radius 2 is 1.82 bits per heavy atom. The summed E-state index contributed by atoms with van der Waals surface area (Å²) >= 11 is 0. The molecule has 2 aromatic carbocycles. The average Bonchev–Trinajstić information content (AvgIpc) is 2.98. The van der Waals surface area contributed by atoms with Crippen LogP contribution in [-0.4, -0.2) is 16.8 Å². The van der Waals surface area contributed by atoms with Crippen LogP contribution in [0.15, 0.2) is 48.8 Å². The topological polar surface area (TPSA) is 29.9 Å². The van der Waals surface area contributed by atoms with Gasteiger partial charge < -0.3 is 5.32 Å². The van der Waals surface area contributed by atoms with Gasteiger partial charge in [-0.25, -0.2) is 0 Å². The van der Waals surface area contributed by atoms with Gasteiger partial charge in [0.25, 0.3) is 0 Å². The Kier molecular flexibility index (Phi) is 5.22. The molecule has 3 nitrogen and oxygen atoms in total. The molecule has 0 amide bonds. The van der Waals surface area contributed by atoms with Crippen LogP contribution in [0.5, 0.6) is 0 Å². The van der Waals surface area contributed by atoms with Crippen molar-refractivity contribution in [2.24, 2.45) is 0 Å². The Hall–Kier alpha value is -1.84. The maximum atomic E-state index is 4.46. The maximum absolute atomic E-state index is 4.46. The molecule has 0 unspecified atom stereocenters. The van der Waals surface area contributed by atoms with Gasteiger partial charge in [0, 0.05) is 24.3 Å². The Balaban J connectivity index is 0.00000176. The van der Waals surface area contributed by atoms with E-state index in [-0.39, 0.29) is 12.4 Å². The van der Waals surface area contributed by atoms with Crippen molar-refractivity contribution < 1.29 is 0 Å². The molecule has 1 heterocycles. The third-order valence-corrected chi connectivity index (χ3v) is 3.82. The standard InChI is InChI=1S/C18H21N3.ClH/c1-13(2)21-12-15(11-20-21)17-9-8-14(10-19-3)16-6-4-5-7-18(16)17;/h4-9,11-13,19H,10H2,1-3H3;1H. The summed E-state index contributed by atoms with van der Waals surface area (Å²) in [4.78, 5) is 0. The molecule has 0 aliphatic rings. The van der Waals surface area contributed by atoms with Gasteiger partial charge >= 0.3 is 0 Å². The second-order valence-corrected chi connectivity index (χ2v) is 5.65. The second-order valence-electron chi connectivity index (χ2n) is 5.65. The van der Waals surface area contributed by atoms with E-state index in [4.69, 9.17) is 0 Å². The molecule has 0 aliphatic carbocycles. The van der Waals surface area contributed by atoms with E-state index in [1.54, 1.807) is 0 Å². The summed E-state index contributed by atoms with van der Waals surface area (Å²) in [5.41, 5.74) is 3.75. The molecule has 116 valence electrons. The number of hydrogen-bond donors (Lipinski definition) is 1. The molecule has 22 heavy (non-hydrogen) atoms. The first-order valence-corrected chi connectivity index (χ1v) is 7.40. The summed E-state index contributed by atoms with van der Waals surface area (Å²) in [6.07, 6.45) is 4.09. The van der Waals surface area contributed by atoms with E-state index in [1.165, 1.54) is 27.5 Å². The zero-order chi connectivity index (χ0) is 14.8. The normalized spacial score (nSPS) is 10.9. The van der Waals surface area contributed by atoms with Crippen molar-refractivity contribution in [2.75, 3.05) is 7.05 Å². The lowest BCUT2D eigenvalue weighted by atomic mass is 9.96. The van der Waals surface area contributed by atoms with Crippen LogP contribution in [-0.2, 0) is 6.54 Å². The molecule has 0 atom stereocenters. The molecule has 3 aromatic rings. The maximum Gasteiger partial charge on any atom is 0.0568 e. The first kappa shape index (κ1) is 16.5. The highest BCUT2D eigenvalue weighted by Crippen LogP contribution is 2.31. The highest BCUT2D eigenvalue weighted by atomic mass is 35.5. The minimum absolute atomic E-state index is 0. The van der Waals surface area contributed by atoms with Crippen molar-refractivity contribution in [1.82, 2.24) is 15.1 Å². The third kappa shape index (κ3) is 3.01. The molecular weight excluding hydrogens is 294 g/mol. The van der Waals surface area contributed by atoms with Crippen LogP contribution < -0.4 is 5.32 Å². The van der Waals surface area contributed by atoms with Crippen LogP contribution >= 0.6 is 12.4 Å². The lowest BCUT2D eigenvalue weighted by molar-refractivity contribution is 0.532. The van der Waals surface area contributed by atoms with Gasteiger partial charge in [-0.3, -0.25) is 4.68 Å². The van der Waals surface area contributed by atoms with E-state index < -0.39 is 0 Å². The third-order valence-electron chi connectivity index (χ3n) is 3.82. The molecule has 0 spiro atoms. The molecule has 0 saturated carbocycles. The Morgan fingerprint density at radius 1 is 1.09 bits per heavy atom. The monoisotopic (exact) mass is 315 g/mol. The molecule has 3 rings (SSSR count). The summed E-state index contributed by atoms with van der Waals surface area (Å²) in [5, 5.41) is 10.3. The summed E-state index contributed by atoms with van der Waals surface area (Å²) < 4.78 is 2.01. The Bertz CT molecular complexity index is 762. The molecule has 0 radical (unpaired) electrons. The fourth-order valence-electron chi connectivity index (χ4n) is 2.72. The number of fused-ring (bicyclic) bond motifs is 1. The van der Waals surface area contributed by atoms with E-state index in [2.05, 4.69) is 66.9 Å². The molecule has 1 aromatic heterocycles. The number of rotatable bonds is 4. The van der Waals surface area contributed by atoms with E-state index in [0.29, 0.717) is 6.04 Å². The number of aromatic nitrogens is 2. The minimum atomic E-state index is 0. The first-order chi connectivity index (χ1) is 10.2. The molecule has 4 heteroatoms. The van der Waals surface area contributed by atoms with E-state index in [9.17, 15) is 0 Å². The van der Waals surface area contributed by atoms with Crippen molar-refractivity contribution in [2.45, 2.75) is 26.4 Å². The Labute approximate surface area is 137 Å². The lowest BCUT2D eigenvalue weighted by Gasteiger charge is -2.10. The van der Waals surface area contributed by atoms with Gasteiger partial charge in [-0.2, -0.15) is 5.10 Å². The highest BCUT2D eigenvalue weighted by Gasteiger charge is 2.09. The van der Waals surface area contributed by atoms with Gasteiger partial charge in [0.05, 0.1) is 6.20 Å². The van der Waals surface area contributed by atoms with Gasteiger partial charge in [-0.05, 0) is 42.8 Å². The molecule has 0 aliphatic heterocycles. The molecule has 0 fully saturated rings. The number of hydrogen-bond acceptors (Lipinski definition) is 2. The number of nitrogens with one attached hydrogen (secondary N) is 1. The van der Waals surface area contributed by atoms with Crippen LogP contribution in [0, 0.1) is 0 Å². The molecule has 0 bridgehead atoms. The smallest absolute Gasteiger partial charge is 0.0568 e. The minimum Gasteiger partial charge on any atom is -0.316 e. The van der Waals surface area contributed by atoms with E-state index >= 15 is 0 Å². The van der Waals surface area contributed by atoms with E-state index in [0.717, 1.165) is 6.54 Å². The van der Waals surface area contributed by atoms with Crippen LogP contribution in [0.3, 0.4) is 0 Å². The van der Waals surface area contributed by atoms with Gasteiger partial charge in [0.15, 0.2) is 0 Å². The van der Waals surface area contributed by atoms with Gasteiger partial charge in [-0.1, -0.05) is 36.4 Å². The van der Waals surface area contributed by atoms with Gasteiger partial charge in [0.2, 0.25) is 0 Å². The van der Waals surface area contributed by atoms with Crippen LogP contribution in [0.25, 0.3) is 21.9 Å². The van der Waals surface area contributed by atoms with Crippen LogP contribution in [0.1, 0.15) is 25.5 Å². The zero-order valence-electron chi connectivity index (χ0n) is 13.2. The molecule has 0 saturated heterocycles. The first-order valence-electron chi connectivity index (χ1n) is 7.40. The van der Waals surface area contributed by atoms with E-state index in [1.807, 2.05) is 17.9 Å². The molecular formula is C18H22ClN3. The summed E-state index contributed by atoms with van der Waals surface area (Å²) in [7, 11) is 1.98. The number of halogens is 1. The predicted octanol–water partition coefficient (Wildman–Crippen LogP) is 4.43. The Morgan fingerprint density at radius 3 is 2.45 bits per heavy atom. The second kappa shape index (κ2) is 6.95. The highest BCUT2D eigenvalue weighted by molar-refractivity contribution is 5.98. The lowest BCUT2D eigenvalue weighted by Crippen LogP contribution is -2.05. The average molecular weight is 316 g/mol. The molecule has 1 N–H and O–H groups in total. The SMILES string of the molecule is CNCc1ccc(-c2cnn(C(C)C)c2)c2ccccc12.Cl. The predicted molar refractivity (Wildman–Crippen MR) is 95.6 cm³/mol. The summed E-state index contributed by atoms with van der Waals surface area (Å²) in [6, 6.07) is 13.4. The summed E-state index contributed by atoms with van der Waals surface area (Å²) in [5.74, 6) is 0. The van der Waals surface area contributed by atoms with Crippen molar-refractivity contribution in [3.8, 4) is 11.1 Å². The van der Waals surface area contributed by atoms with Crippen LogP contribution in [0.2, 0.25) is 0 Å². The number of nitrogens with zero attached hydrogens (tertiary/aromatic N) is 2. The largest absolute Gasteiger partial charge is 0.316 e. The van der Waals surface area contributed by atoms with Crippen molar-refractivity contribution in [3.63, 3.8) is 0 Å². The van der Waals surface area contributed by atoms with Crippen molar-refractivity contribution in [1.29, 1.82) is 0 Å². The fourth-order valence-corrected chi connectivity index (χ4v) is 2.72. The van der Waals surface area contributed by atoms with Crippen LogP contribution in [0.4, 0.5) is 0 Å². The van der Waals surface area contributed by atoms with Gasteiger partial charge in [0.1, 0.15) is 0 Å². The zero-order valence-corrected chi connectivity index (χ0v) is 14.0. The quantitative estimate of drug-likeness (QED) is 0.772. The van der Waals surface area contributed by atoms with Crippen molar-refractivity contribution >= 4 is 23.2 Å². The van der Waals surface area contributed by atoms with Gasteiger partial charge in [-0.15, -0.1) is 12.4 Å². The number of benzene rings is 2.